The molecular weight excluding hydrogens is 335 g/mol. The third-order valence-corrected chi connectivity index (χ3v) is 4.82. The lowest BCUT2D eigenvalue weighted by Crippen LogP contribution is -2.48. The smallest absolute Gasteiger partial charge is 0.223 e. The number of carbonyl (C=O) groups is 1. The molecule has 0 radical (unpaired) electrons. The second-order valence-electron chi connectivity index (χ2n) is 6.13. The first-order chi connectivity index (χ1) is 10.7. The number of rotatable bonds is 4. The lowest BCUT2D eigenvalue weighted by molar-refractivity contribution is -0.134. The maximum absolute atomic E-state index is 12.6. The summed E-state index contributed by atoms with van der Waals surface area (Å²) in [6.45, 7) is 4.06. The monoisotopic (exact) mass is 358 g/mol. The van der Waals surface area contributed by atoms with Gasteiger partial charge in [-0.05, 0) is 36.5 Å². The van der Waals surface area contributed by atoms with E-state index in [1.54, 1.807) is 0 Å². The van der Waals surface area contributed by atoms with Crippen LogP contribution in [0, 0.1) is 5.92 Å². The van der Waals surface area contributed by atoms with Crippen molar-refractivity contribution < 1.29 is 9.53 Å². The maximum atomic E-state index is 12.6. The largest absolute Gasteiger partial charge is 0.381 e. The van der Waals surface area contributed by atoms with E-state index in [0.29, 0.717) is 12.3 Å². The van der Waals surface area contributed by atoms with Crippen LogP contribution in [0.2, 0.25) is 5.02 Å². The Hall–Kier alpha value is -0.810. The van der Waals surface area contributed by atoms with Gasteiger partial charge in [-0.3, -0.25) is 4.79 Å². The molecule has 2 fully saturated rings. The Labute approximate surface area is 148 Å². The van der Waals surface area contributed by atoms with Crippen molar-refractivity contribution in [1.29, 1.82) is 0 Å². The molecule has 1 N–H and O–H groups in total. The number of carbonyl (C=O) groups excluding carboxylic acids is 1. The van der Waals surface area contributed by atoms with Gasteiger partial charge in [0.15, 0.2) is 0 Å². The quantitative estimate of drug-likeness (QED) is 0.899. The molecule has 0 spiro atoms. The van der Waals surface area contributed by atoms with E-state index < -0.39 is 0 Å². The van der Waals surface area contributed by atoms with Crippen molar-refractivity contribution in [3.63, 3.8) is 0 Å². The number of nitrogens with one attached hydrogen (secondary N) is 1. The van der Waals surface area contributed by atoms with E-state index in [1.165, 1.54) is 0 Å². The normalized spacial score (nSPS) is 24.3. The molecule has 1 amide bonds. The Balaban J connectivity index is 0.00000192. The molecule has 2 unspecified atom stereocenters. The van der Waals surface area contributed by atoms with Crippen LogP contribution in [0.1, 0.15) is 30.9 Å². The topological polar surface area (TPSA) is 41.6 Å². The predicted octanol–water partition coefficient (Wildman–Crippen LogP) is 3.05. The molecule has 2 heterocycles. The second-order valence-corrected chi connectivity index (χ2v) is 6.57. The maximum Gasteiger partial charge on any atom is 0.223 e. The number of amides is 1. The zero-order valence-corrected chi connectivity index (χ0v) is 14.7. The SMILES string of the molecule is Cl.O=C(CCC1CCOC1)N1CCNCC1c1cccc(Cl)c1. The highest BCUT2D eigenvalue weighted by molar-refractivity contribution is 6.30. The number of ether oxygens (including phenoxy) is 1. The Morgan fingerprint density at radius 2 is 2.30 bits per heavy atom. The molecule has 2 saturated heterocycles. The molecule has 23 heavy (non-hydrogen) atoms. The molecule has 2 atom stereocenters. The zero-order valence-electron chi connectivity index (χ0n) is 13.2. The van der Waals surface area contributed by atoms with Gasteiger partial charge >= 0.3 is 0 Å². The molecule has 1 aromatic rings. The molecule has 128 valence electrons. The molecule has 0 saturated carbocycles. The molecule has 0 bridgehead atoms. The van der Waals surface area contributed by atoms with Crippen LogP contribution in [0.4, 0.5) is 0 Å². The summed E-state index contributed by atoms with van der Waals surface area (Å²) in [5.41, 5.74) is 1.11. The van der Waals surface area contributed by atoms with Crippen LogP contribution >= 0.6 is 24.0 Å². The molecule has 0 aromatic heterocycles. The average molecular weight is 359 g/mol. The Kier molecular flexibility index (Phi) is 7.15. The summed E-state index contributed by atoms with van der Waals surface area (Å²) in [5, 5.41) is 4.10. The summed E-state index contributed by atoms with van der Waals surface area (Å²) in [7, 11) is 0. The fourth-order valence-corrected chi connectivity index (χ4v) is 3.50. The van der Waals surface area contributed by atoms with Gasteiger partial charge in [0.25, 0.3) is 0 Å². The highest BCUT2D eigenvalue weighted by Crippen LogP contribution is 2.26. The van der Waals surface area contributed by atoms with Crippen molar-refractivity contribution in [2.75, 3.05) is 32.8 Å². The van der Waals surface area contributed by atoms with Crippen LogP contribution in [0.3, 0.4) is 0 Å². The molecule has 2 aliphatic heterocycles. The van der Waals surface area contributed by atoms with E-state index >= 15 is 0 Å². The minimum atomic E-state index is 0. The van der Waals surface area contributed by atoms with Gasteiger partial charge in [-0.1, -0.05) is 23.7 Å². The molecular formula is C17H24Cl2N2O2. The number of hydrogen-bond acceptors (Lipinski definition) is 3. The van der Waals surface area contributed by atoms with Gasteiger partial charge in [-0.2, -0.15) is 0 Å². The lowest BCUT2D eigenvalue weighted by Gasteiger charge is -2.37. The van der Waals surface area contributed by atoms with Gasteiger partial charge in [0.2, 0.25) is 5.91 Å². The lowest BCUT2D eigenvalue weighted by atomic mass is 9.99. The molecule has 3 rings (SSSR count). The Bertz CT molecular complexity index is 521. The van der Waals surface area contributed by atoms with E-state index in [4.69, 9.17) is 16.3 Å². The second kappa shape index (κ2) is 8.88. The number of piperazine rings is 1. The highest BCUT2D eigenvalue weighted by Gasteiger charge is 2.28. The number of hydrogen-bond donors (Lipinski definition) is 1. The molecule has 2 aliphatic rings. The first kappa shape index (κ1) is 18.5. The molecule has 0 aliphatic carbocycles. The standard InChI is InChI=1S/C17H23ClN2O2.ClH/c18-15-3-1-2-14(10-15)16-11-19-7-8-20(16)17(21)5-4-13-6-9-22-12-13;/h1-3,10,13,16,19H,4-9,11-12H2;1H. The van der Waals surface area contributed by atoms with Crippen LogP contribution in [-0.4, -0.2) is 43.7 Å². The van der Waals surface area contributed by atoms with Crippen molar-refractivity contribution in [3.05, 3.63) is 34.9 Å². The van der Waals surface area contributed by atoms with E-state index in [-0.39, 0.29) is 24.4 Å². The Morgan fingerprint density at radius 3 is 3.04 bits per heavy atom. The van der Waals surface area contributed by atoms with Crippen molar-refractivity contribution in [2.24, 2.45) is 5.92 Å². The van der Waals surface area contributed by atoms with Crippen molar-refractivity contribution in [2.45, 2.75) is 25.3 Å². The zero-order chi connectivity index (χ0) is 15.4. The van der Waals surface area contributed by atoms with Crippen molar-refractivity contribution >= 4 is 29.9 Å². The predicted molar refractivity (Wildman–Crippen MR) is 94.2 cm³/mol. The van der Waals surface area contributed by atoms with E-state index in [9.17, 15) is 4.79 Å². The van der Waals surface area contributed by atoms with Crippen LogP contribution in [-0.2, 0) is 9.53 Å². The third-order valence-electron chi connectivity index (χ3n) is 4.59. The van der Waals surface area contributed by atoms with Gasteiger partial charge in [0.05, 0.1) is 6.04 Å². The van der Waals surface area contributed by atoms with E-state index in [2.05, 4.69) is 11.4 Å². The average Bonchev–Trinajstić information content (AvgIpc) is 3.06. The van der Waals surface area contributed by atoms with Crippen LogP contribution in [0.15, 0.2) is 24.3 Å². The fourth-order valence-electron chi connectivity index (χ4n) is 3.30. The third kappa shape index (κ3) is 4.83. The van der Waals surface area contributed by atoms with E-state index in [0.717, 1.165) is 56.3 Å². The first-order valence-corrected chi connectivity index (χ1v) is 8.45. The number of halogens is 2. The first-order valence-electron chi connectivity index (χ1n) is 8.07. The minimum Gasteiger partial charge on any atom is -0.381 e. The van der Waals surface area contributed by atoms with Gasteiger partial charge in [0.1, 0.15) is 0 Å². The van der Waals surface area contributed by atoms with Gasteiger partial charge in [-0.25, -0.2) is 0 Å². The summed E-state index contributed by atoms with van der Waals surface area (Å²) in [5.74, 6) is 0.801. The van der Waals surface area contributed by atoms with Gasteiger partial charge < -0.3 is 15.0 Å². The van der Waals surface area contributed by atoms with E-state index in [1.807, 2.05) is 23.1 Å². The van der Waals surface area contributed by atoms with Gasteiger partial charge in [0, 0.05) is 44.3 Å². The van der Waals surface area contributed by atoms with Crippen LogP contribution < -0.4 is 5.32 Å². The Morgan fingerprint density at radius 1 is 1.43 bits per heavy atom. The molecule has 4 nitrogen and oxygen atoms in total. The fraction of sp³-hybridized carbons (Fsp3) is 0.588. The van der Waals surface area contributed by atoms with Gasteiger partial charge in [-0.15, -0.1) is 12.4 Å². The van der Waals surface area contributed by atoms with Crippen LogP contribution in [0.25, 0.3) is 0 Å². The van der Waals surface area contributed by atoms with Crippen molar-refractivity contribution in [3.8, 4) is 0 Å². The molecule has 1 aromatic carbocycles. The summed E-state index contributed by atoms with van der Waals surface area (Å²) in [4.78, 5) is 14.7. The number of benzene rings is 1. The van der Waals surface area contributed by atoms with Crippen LogP contribution in [0.5, 0.6) is 0 Å². The highest BCUT2D eigenvalue weighted by atomic mass is 35.5. The number of nitrogens with zero attached hydrogens (tertiary/aromatic N) is 1. The summed E-state index contributed by atoms with van der Waals surface area (Å²) < 4.78 is 5.39. The summed E-state index contributed by atoms with van der Waals surface area (Å²) in [6.07, 6.45) is 2.64. The summed E-state index contributed by atoms with van der Waals surface area (Å²) >= 11 is 6.10. The van der Waals surface area contributed by atoms with Crippen molar-refractivity contribution in [1.82, 2.24) is 10.2 Å². The minimum absolute atomic E-state index is 0. The summed E-state index contributed by atoms with van der Waals surface area (Å²) in [6, 6.07) is 7.91. The molecule has 6 heteroatoms.